The Morgan fingerprint density at radius 2 is 2.00 bits per heavy atom. The molecule has 2 heterocycles. The number of aromatic nitrogens is 2. The molecule has 0 bridgehead atoms. The van der Waals surface area contributed by atoms with Crippen molar-refractivity contribution in [3.05, 3.63) is 17.5 Å². The van der Waals surface area contributed by atoms with Crippen LogP contribution in [0.2, 0.25) is 0 Å². The van der Waals surface area contributed by atoms with Gasteiger partial charge in [-0.15, -0.1) is 0 Å². The van der Waals surface area contributed by atoms with Gasteiger partial charge in [0.25, 0.3) is 5.91 Å². The van der Waals surface area contributed by atoms with E-state index in [2.05, 4.69) is 10.4 Å². The normalized spacial score (nSPS) is 17.7. The van der Waals surface area contributed by atoms with Gasteiger partial charge in [0.15, 0.2) is 0 Å². The van der Waals surface area contributed by atoms with Crippen LogP contribution in [0.4, 0.5) is 0 Å². The van der Waals surface area contributed by atoms with Crippen molar-refractivity contribution in [2.24, 2.45) is 11.1 Å². The topological polar surface area (TPSA) is 99.2 Å². The fourth-order valence-corrected chi connectivity index (χ4v) is 2.93. The SMILES string of the molecule is Cc1c(C(=O)NCC2(C(N)=O)CCOCC2)cnn1C(C)(C)C. The standard InChI is InChI=1S/C16H26N4O3/c1-11-12(9-19-20(11)15(2,3)4)13(21)18-10-16(14(17)22)5-7-23-8-6-16/h9H,5-8,10H2,1-4H3,(H2,17,22)(H,18,21). The number of amides is 2. The number of nitrogens with one attached hydrogen (secondary N) is 1. The molecular weight excluding hydrogens is 296 g/mol. The number of rotatable bonds is 4. The molecule has 2 amide bonds. The third-order valence-corrected chi connectivity index (χ3v) is 4.45. The summed E-state index contributed by atoms with van der Waals surface area (Å²) < 4.78 is 7.11. The Labute approximate surface area is 136 Å². The minimum Gasteiger partial charge on any atom is -0.381 e. The third-order valence-electron chi connectivity index (χ3n) is 4.45. The molecule has 1 aromatic rings. The molecule has 2 rings (SSSR count). The summed E-state index contributed by atoms with van der Waals surface area (Å²) in [7, 11) is 0. The first-order valence-corrected chi connectivity index (χ1v) is 7.88. The maximum atomic E-state index is 12.5. The van der Waals surface area contributed by atoms with Gasteiger partial charge in [-0.2, -0.15) is 5.10 Å². The second-order valence-electron chi connectivity index (χ2n) is 7.17. The summed E-state index contributed by atoms with van der Waals surface area (Å²) in [6.07, 6.45) is 2.63. The molecule has 0 atom stereocenters. The summed E-state index contributed by atoms with van der Waals surface area (Å²) in [4.78, 5) is 24.3. The molecule has 128 valence electrons. The van der Waals surface area contributed by atoms with E-state index >= 15 is 0 Å². The van der Waals surface area contributed by atoms with Crippen LogP contribution in [0.25, 0.3) is 0 Å². The molecule has 0 aliphatic carbocycles. The number of nitrogens with zero attached hydrogens (tertiary/aromatic N) is 2. The van der Waals surface area contributed by atoms with Crippen LogP contribution >= 0.6 is 0 Å². The second kappa shape index (κ2) is 6.31. The van der Waals surface area contributed by atoms with E-state index in [1.165, 1.54) is 0 Å². The summed E-state index contributed by atoms with van der Waals surface area (Å²) >= 11 is 0. The van der Waals surface area contributed by atoms with E-state index in [1.807, 2.05) is 32.4 Å². The Morgan fingerprint density at radius 3 is 2.48 bits per heavy atom. The number of ether oxygens (including phenoxy) is 1. The first-order valence-electron chi connectivity index (χ1n) is 7.88. The van der Waals surface area contributed by atoms with E-state index < -0.39 is 5.41 Å². The van der Waals surface area contributed by atoms with Gasteiger partial charge >= 0.3 is 0 Å². The molecule has 3 N–H and O–H groups in total. The zero-order chi connectivity index (χ0) is 17.3. The number of primary amides is 1. The molecule has 0 unspecified atom stereocenters. The Bertz CT molecular complexity index is 595. The number of nitrogens with two attached hydrogens (primary N) is 1. The number of carbonyl (C=O) groups is 2. The average Bonchev–Trinajstić information content (AvgIpc) is 2.87. The van der Waals surface area contributed by atoms with Gasteiger partial charge in [-0.25, -0.2) is 0 Å². The van der Waals surface area contributed by atoms with Crippen LogP contribution in [0.15, 0.2) is 6.20 Å². The molecule has 1 fully saturated rings. The van der Waals surface area contributed by atoms with Crippen LogP contribution in [-0.2, 0) is 15.1 Å². The lowest BCUT2D eigenvalue weighted by Gasteiger charge is -2.34. The van der Waals surface area contributed by atoms with Gasteiger partial charge in [0.2, 0.25) is 5.91 Å². The highest BCUT2D eigenvalue weighted by atomic mass is 16.5. The van der Waals surface area contributed by atoms with Crippen molar-refractivity contribution in [1.82, 2.24) is 15.1 Å². The van der Waals surface area contributed by atoms with Crippen molar-refractivity contribution >= 4 is 11.8 Å². The first kappa shape index (κ1) is 17.5. The molecule has 0 aromatic carbocycles. The summed E-state index contributed by atoms with van der Waals surface area (Å²) in [5.41, 5.74) is 5.96. The van der Waals surface area contributed by atoms with Gasteiger partial charge in [0.1, 0.15) is 0 Å². The van der Waals surface area contributed by atoms with E-state index in [9.17, 15) is 9.59 Å². The number of carbonyl (C=O) groups excluding carboxylic acids is 2. The van der Waals surface area contributed by atoms with Crippen molar-refractivity contribution in [1.29, 1.82) is 0 Å². The second-order valence-corrected chi connectivity index (χ2v) is 7.17. The van der Waals surface area contributed by atoms with Crippen molar-refractivity contribution in [2.45, 2.75) is 46.1 Å². The monoisotopic (exact) mass is 322 g/mol. The van der Waals surface area contributed by atoms with Crippen molar-refractivity contribution < 1.29 is 14.3 Å². The average molecular weight is 322 g/mol. The molecule has 7 nitrogen and oxygen atoms in total. The Morgan fingerprint density at radius 1 is 1.39 bits per heavy atom. The lowest BCUT2D eigenvalue weighted by atomic mass is 9.79. The molecule has 23 heavy (non-hydrogen) atoms. The van der Waals surface area contributed by atoms with E-state index in [-0.39, 0.29) is 23.9 Å². The van der Waals surface area contributed by atoms with Gasteiger partial charge in [-0.3, -0.25) is 14.3 Å². The highest BCUT2D eigenvalue weighted by molar-refractivity contribution is 5.95. The number of hydrogen-bond acceptors (Lipinski definition) is 4. The van der Waals surface area contributed by atoms with Crippen LogP contribution in [0.5, 0.6) is 0 Å². The van der Waals surface area contributed by atoms with Gasteiger partial charge in [0.05, 0.1) is 22.7 Å². The highest BCUT2D eigenvalue weighted by Gasteiger charge is 2.39. The quantitative estimate of drug-likeness (QED) is 0.862. The lowest BCUT2D eigenvalue weighted by molar-refractivity contribution is -0.132. The maximum absolute atomic E-state index is 12.5. The molecule has 7 heteroatoms. The Kier molecular flexibility index (Phi) is 4.79. The zero-order valence-corrected chi connectivity index (χ0v) is 14.3. The molecule has 0 radical (unpaired) electrons. The molecule has 0 spiro atoms. The van der Waals surface area contributed by atoms with E-state index in [4.69, 9.17) is 10.5 Å². The van der Waals surface area contributed by atoms with Crippen molar-refractivity contribution in [3.8, 4) is 0 Å². The van der Waals surface area contributed by atoms with Gasteiger partial charge in [-0.05, 0) is 40.5 Å². The van der Waals surface area contributed by atoms with E-state index in [1.54, 1.807) is 6.20 Å². The van der Waals surface area contributed by atoms with Gasteiger partial charge < -0.3 is 15.8 Å². The van der Waals surface area contributed by atoms with Gasteiger partial charge in [-0.1, -0.05) is 0 Å². The van der Waals surface area contributed by atoms with Gasteiger partial charge in [0, 0.05) is 25.5 Å². The highest BCUT2D eigenvalue weighted by Crippen LogP contribution is 2.29. The summed E-state index contributed by atoms with van der Waals surface area (Å²) in [5, 5.41) is 7.15. The van der Waals surface area contributed by atoms with E-state index in [0.29, 0.717) is 31.6 Å². The first-order chi connectivity index (χ1) is 10.7. The van der Waals surface area contributed by atoms with Crippen LogP contribution < -0.4 is 11.1 Å². The maximum Gasteiger partial charge on any atom is 0.254 e. The molecule has 1 aliphatic heterocycles. The zero-order valence-electron chi connectivity index (χ0n) is 14.3. The molecule has 1 aromatic heterocycles. The third kappa shape index (κ3) is 3.55. The summed E-state index contributed by atoms with van der Waals surface area (Å²) in [6.45, 7) is 9.14. The summed E-state index contributed by atoms with van der Waals surface area (Å²) in [5.74, 6) is -0.617. The molecular formula is C16H26N4O3. The van der Waals surface area contributed by atoms with Crippen molar-refractivity contribution in [3.63, 3.8) is 0 Å². The minimum atomic E-state index is -0.720. The van der Waals surface area contributed by atoms with Crippen LogP contribution in [-0.4, -0.2) is 41.4 Å². The predicted octanol–water partition coefficient (Wildman–Crippen LogP) is 0.958. The molecule has 1 aliphatic rings. The molecule has 0 saturated carbocycles. The predicted molar refractivity (Wildman–Crippen MR) is 86.0 cm³/mol. The lowest BCUT2D eigenvalue weighted by Crippen LogP contribution is -2.49. The van der Waals surface area contributed by atoms with Crippen LogP contribution in [0.3, 0.4) is 0 Å². The Balaban J connectivity index is 2.10. The summed E-state index contributed by atoms with van der Waals surface area (Å²) in [6, 6.07) is 0. The fourth-order valence-electron chi connectivity index (χ4n) is 2.93. The largest absolute Gasteiger partial charge is 0.381 e. The van der Waals surface area contributed by atoms with E-state index in [0.717, 1.165) is 5.69 Å². The number of hydrogen-bond donors (Lipinski definition) is 2. The molecule has 1 saturated heterocycles. The fraction of sp³-hybridized carbons (Fsp3) is 0.688. The van der Waals surface area contributed by atoms with Crippen LogP contribution in [0.1, 0.15) is 49.7 Å². The minimum absolute atomic E-state index is 0.197. The smallest absolute Gasteiger partial charge is 0.254 e. The van der Waals surface area contributed by atoms with Crippen molar-refractivity contribution in [2.75, 3.05) is 19.8 Å². The Hall–Kier alpha value is -1.89. The van der Waals surface area contributed by atoms with Crippen LogP contribution in [0, 0.1) is 12.3 Å².